The first-order valence-electron chi connectivity index (χ1n) is 5.39. The zero-order valence-electron chi connectivity index (χ0n) is 9.95. The highest BCUT2D eigenvalue weighted by molar-refractivity contribution is 7.03. The van der Waals surface area contributed by atoms with E-state index < -0.39 is 8.35 Å². The van der Waals surface area contributed by atoms with Gasteiger partial charge in [-0.25, -0.2) is 4.43 Å². The van der Waals surface area contributed by atoms with Gasteiger partial charge < -0.3 is 5.32 Å². The van der Waals surface area contributed by atoms with Gasteiger partial charge in [0.05, 0.1) is 0 Å². The SMILES string of the molecule is C=CC[Si+](Cl)O[C@@H](C(=C)NC)c1ccccc1. The Hall–Kier alpha value is -1.03. The molecule has 0 radical (unpaired) electrons. The molecule has 0 saturated carbocycles. The van der Waals surface area contributed by atoms with Gasteiger partial charge in [-0.2, -0.15) is 0 Å². The molecule has 1 atom stereocenters. The van der Waals surface area contributed by atoms with Crippen LogP contribution >= 0.6 is 11.1 Å². The summed E-state index contributed by atoms with van der Waals surface area (Å²) in [6.07, 6.45) is 1.58. The first kappa shape index (κ1) is 14.0. The summed E-state index contributed by atoms with van der Waals surface area (Å²) in [5, 5.41) is 3.02. The van der Waals surface area contributed by atoms with E-state index in [9.17, 15) is 0 Å². The fraction of sp³-hybridized carbons (Fsp3) is 0.231. The quantitative estimate of drug-likeness (QED) is 0.464. The lowest BCUT2D eigenvalue weighted by atomic mass is 10.1. The molecule has 2 nitrogen and oxygen atoms in total. The first-order valence-corrected chi connectivity index (χ1v) is 8.02. The summed E-state index contributed by atoms with van der Waals surface area (Å²) >= 11 is 6.17. The molecule has 17 heavy (non-hydrogen) atoms. The van der Waals surface area contributed by atoms with Crippen LogP contribution in [-0.2, 0) is 4.43 Å². The average Bonchev–Trinajstić information content (AvgIpc) is 2.36. The van der Waals surface area contributed by atoms with Crippen LogP contribution in [0.1, 0.15) is 11.7 Å². The molecule has 0 aliphatic heterocycles. The van der Waals surface area contributed by atoms with Crippen LogP contribution in [0.25, 0.3) is 0 Å². The van der Waals surface area contributed by atoms with Crippen LogP contribution in [-0.4, -0.2) is 15.4 Å². The molecule has 0 aliphatic rings. The Morgan fingerprint density at radius 1 is 1.53 bits per heavy atom. The van der Waals surface area contributed by atoms with Gasteiger partial charge in [0.2, 0.25) is 0 Å². The summed E-state index contributed by atoms with van der Waals surface area (Å²) in [5.41, 5.74) is 1.86. The summed E-state index contributed by atoms with van der Waals surface area (Å²) in [4.78, 5) is 0. The summed E-state index contributed by atoms with van der Waals surface area (Å²) < 4.78 is 5.86. The predicted molar refractivity (Wildman–Crippen MR) is 75.1 cm³/mol. The van der Waals surface area contributed by atoms with Crippen molar-refractivity contribution in [3.8, 4) is 0 Å². The van der Waals surface area contributed by atoms with Crippen molar-refractivity contribution < 1.29 is 4.43 Å². The predicted octanol–water partition coefficient (Wildman–Crippen LogP) is 3.39. The van der Waals surface area contributed by atoms with Gasteiger partial charge in [-0.05, 0) is 5.56 Å². The summed E-state index contributed by atoms with van der Waals surface area (Å²) in [6, 6.07) is 10.6. The van der Waals surface area contributed by atoms with E-state index in [-0.39, 0.29) is 6.10 Å². The van der Waals surface area contributed by atoms with Crippen LogP contribution in [0.4, 0.5) is 0 Å². The second kappa shape index (κ2) is 7.32. The number of likely N-dealkylation sites (N-methyl/N-ethyl adjacent to an activating group) is 1. The number of hydrogen-bond acceptors (Lipinski definition) is 2. The van der Waals surface area contributed by atoms with E-state index in [4.69, 9.17) is 15.5 Å². The zero-order valence-corrected chi connectivity index (χ0v) is 11.7. The molecule has 90 valence electrons. The number of nitrogens with one attached hydrogen (secondary N) is 1. The number of rotatable bonds is 7. The van der Waals surface area contributed by atoms with Gasteiger partial charge >= 0.3 is 8.35 Å². The third kappa shape index (κ3) is 4.38. The van der Waals surface area contributed by atoms with Crippen LogP contribution in [0, 0.1) is 0 Å². The van der Waals surface area contributed by atoms with E-state index in [0.717, 1.165) is 11.3 Å². The van der Waals surface area contributed by atoms with Gasteiger partial charge in [-0.1, -0.05) is 43.0 Å². The van der Waals surface area contributed by atoms with E-state index in [1.807, 2.05) is 37.4 Å². The van der Waals surface area contributed by atoms with Crippen molar-refractivity contribution in [3.63, 3.8) is 0 Å². The second-order valence-electron chi connectivity index (χ2n) is 3.53. The molecule has 0 bridgehead atoms. The van der Waals surface area contributed by atoms with E-state index in [2.05, 4.69) is 18.5 Å². The maximum Gasteiger partial charge on any atom is 0.597 e. The smallest absolute Gasteiger partial charge is 0.389 e. The van der Waals surface area contributed by atoms with Crippen molar-refractivity contribution >= 4 is 19.4 Å². The molecule has 0 aromatic heterocycles. The van der Waals surface area contributed by atoms with Gasteiger partial charge in [0.25, 0.3) is 0 Å². The highest BCUT2D eigenvalue weighted by Crippen LogP contribution is 2.25. The van der Waals surface area contributed by atoms with Crippen LogP contribution in [0.2, 0.25) is 6.04 Å². The molecule has 0 aliphatic carbocycles. The van der Waals surface area contributed by atoms with E-state index >= 15 is 0 Å². The Balaban J connectivity index is 2.81. The number of benzene rings is 1. The van der Waals surface area contributed by atoms with Gasteiger partial charge in [0.15, 0.2) is 6.10 Å². The molecular weight excluding hydrogens is 250 g/mol. The highest BCUT2D eigenvalue weighted by Gasteiger charge is 2.32. The maximum absolute atomic E-state index is 6.17. The van der Waals surface area contributed by atoms with E-state index in [0.29, 0.717) is 6.04 Å². The standard InChI is InChI=1S/C13H17ClNOSi/c1-4-10-17(14)16-13(11(2)15-3)12-8-6-5-7-9-12/h4-9,13,15H,1-2,10H2,3H3/q+1/t13-/m0/s1. The van der Waals surface area contributed by atoms with Gasteiger partial charge in [0, 0.05) is 12.7 Å². The first-order chi connectivity index (χ1) is 8.19. The molecule has 0 fully saturated rings. The number of hydrogen-bond donors (Lipinski definition) is 1. The third-order valence-corrected chi connectivity index (χ3v) is 4.12. The highest BCUT2D eigenvalue weighted by atomic mass is 35.6. The third-order valence-electron chi connectivity index (χ3n) is 2.29. The van der Waals surface area contributed by atoms with Crippen molar-refractivity contribution in [2.45, 2.75) is 12.1 Å². The van der Waals surface area contributed by atoms with Gasteiger partial charge in [-0.15, -0.1) is 6.58 Å². The van der Waals surface area contributed by atoms with Crippen molar-refractivity contribution in [2.75, 3.05) is 7.05 Å². The molecule has 0 spiro atoms. The molecule has 0 heterocycles. The molecule has 0 saturated heterocycles. The summed E-state index contributed by atoms with van der Waals surface area (Å²) in [6.45, 7) is 7.63. The number of allylic oxidation sites excluding steroid dienone is 1. The topological polar surface area (TPSA) is 21.3 Å². The Morgan fingerprint density at radius 2 is 2.18 bits per heavy atom. The zero-order chi connectivity index (χ0) is 12.7. The molecule has 4 heteroatoms. The lowest BCUT2D eigenvalue weighted by Crippen LogP contribution is -2.21. The molecule has 0 amide bonds. The van der Waals surface area contributed by atoms with E-state index in [1.54, 1.807) is 6.08 Å². The molecule has 1 aromatic carbocycles. The maximum atomic E-state index is 6.17. The Morgan fingerprint density at radius 3 is 2.71 bits per heavy atom. The summed E-state index contributed by atoms with van der Waals surface area (Å²) in [5.74, 6) is 0. The lowest BCUT2D eigenvalue weighted by Gasteiger charge is -2.15. The van der Waals surface area contributed by atoms with Crippen molar-refractivity contribution in [1.29, 1.82) is 0 Å². The lowest BCUT2D eigenvalue weighted by molar-refractivity contribution is 0.245. The fourth-order valence-electron chi connectivity index (χ4n) is 1.39. The molecule has 1 rings (SSSR count). The Bertz CT molecular complexity index is 369. The minimum atomic E-state index is -1.39. The largest absolute Gasteiger partial charge is 0.597 e. The minimum absolute atomic E-state index is 0.201. The van der Waals surface area contributed by atoms with Gasteiger partial charge in [-0.3, -0.25) is 0 Å². The minimum Gasteiger partial charge on any atom is -0.389 e. The monoisotopic (exact) mass is 266 g/mol. The van der Waals surface area contributed by atoms with Crippen LogP contribution in [0.3, 0.4) is 0 Å². The Kier molecular flexibility index (Phi) is 6.04. The van der Waals surface area contributed by atoms with Crippen LogP contribution in [0.5, 0.6) is 0 Å². The molecule has 1 aromatic rings. The Labute approximate surface area is 109 Å². The molecule has 0 unspecified atom stereocenters. The molecular formula is C13H17ClNOSi+. The van der Waals surface area contributed by atoms with Gasteiger partial charge in [0.1, 0.15) is 17.1 Å². The van der Waals surface area contributed by atoms with Crippen molar-refractivity contribution in [2.24, 2.45) is 0 Å². The molecule has 1 N–H and O–H groups in total. The van der Waals surface area contributed by atoms with Crippen LogP contribution in [0.15, 0.2) is 55.3 Å². The van der Waals surface area contributed by atoms with Crippen molar-refractivity contribution in [3.05, 3.63) is 60.8 Å². The van der Waals surface area contributed by atoms with Crippen LogP contribution < -0.4 is 5.32 Å². The second-order valence-corrected chi connectivity index (χ2v) is 6.15. The van der Waals surface area contributed by atoms with Crippen molar-refractivity contribution in [1.82, 2.24) is 5.32 Å². The fourth-order valence-corrected chi connectivity index (χ4v) is 2.84. The summed E-state index contributed by atoms with van der Waals surface area (Å²) in [7, 11) is 0.442. The average molecular weight is 267 g/mol. The normalized spacial score (nSPS) is 11.6. The van der Waals surface area contributed by atoms with E-state index in [1.165, 1.54) is 0 Å². The number of halogens is 1.